The van der Waals surface area contributed by atoms with Crippen LogP contribution in [0.15, 0.2) is 54.6 Å². The number of rotatable bonds is 11. The molecule has 206 valence electrons. The molecule has 0 saturated heterocycles. The van der Waals surface area contributed by atoms with Crippen LogP contribution in [-0.2, 0) is 29.1 Å². The highest BCUT2D eigenvalue weighted by Gasteiger charge is 2.39. The van der Waals surface area contributed by atoms with E-state index in [0.29, 0.717) is 31.3 Å². The van der Waals surface area contributed by atoms with Gasteiger partial charge in [-0.15, -0.1) is 0 Å². The summed E-state index contributed by atoms with van der Waals surface area (Å²) in [7, 11) is 0. The number of hydrogen-bond acceptors (Lipinski definition) is 4. The van der Waals surface area contributed by atoms with Crippen LogP contribution in [0.25, 0.3) is 0 Å². The molecule has 0 radical (unpaired) electrons. The Bertz CT molecular complexity index is 980. The maximum absolute atomic E-state index is 13.7. The van der Waals surface area contributed by atoms with Crippen molar-refractivity contribution >= 4 is 11.8 Å². The van der Waals surface area contributed by atoms with E-state index in [1.807, 2.05) is 54.6 Å². The lowest BCUT2D eigenvalue weighted by Crippen LogP contribution is -2.56. The molecule has 6 heteroatoms. The van der Waals surface area contributed by atoms with Crippen LogP contribution < -0.4 is 22.1 Å². The Morgan fingerprint density at radius 2 is 1.29 bits per heavy atom. The lowest BCUT2D eigenvalue weighted by atomic mass is 9.66. The molecule has 2 aromatic carbocycles. The SMILES string of the molecule is NCc1ccc(CNC(=O)[C@H](Cc2ccccc2)NC(=O)C(N)C(C2CCCCC2)C2CCCCC2)cc1. The van der Waals surface area contributed by atoms with Crippen molar-refractivity contribution in [3.8, 4) is 0 Å². The number of carbonyl (C=O) groups excluding carboxylic acids is 2. The molecular formula is C32H46N4O2. The molecule has 2 fully saturated rings. The van der Waals surface area contributed by atoms with Crippen LogP contribution in [0.5, 0.6) is 0 Å². The second-order valence-corrected chi connectivity index (χ2v) is 11.4. The van der Waals surface area contributed by atoms with Crippen LogP contribution in [0.1, 0.15) is 80.9 Å². The van der Waals surface area contributed by atoms with E-state index in [4.69, 9.17) is 11.5 Å². The van der Waals surface area contributed by atoms with E-state index in [2.05, 4.69) is 10.6 Å². The third-order valence-corrected chi connectivity index (χ3v) is 8.75. The molecule has 2 amide bonds. The van der Waals surface area contributed by atoms with Crippen molar-refractivity contribution in [1.29, 1.82) is 0 Å². The van der Waals surface area contributed by atoms with Crippen molar-refractivity contribution in [3.63, 3.8) is 0 Å². The van der Waals surface area contributed by atoms with E-state index in [1.54, 1.807) is 0 Å². The summed E-state index contributed by atoms with van der Waals surface area (Å²) in [5, 5.41) is 6.12. The Morgan fingerprint density at radius 3 is 1.84 bits per heavy atom. The van der Waals surface area contributed by atoms with Gasteiger partial charge in [0.25, 0.3) is 0 Å². The standard InChI is InChI=1S/C32H46N4O2/c33-21-24-16-18-25(19-17-24)22-35-31(37)28(20-23-10-4-1-5-11-23)36-32(38)30(34)29(26-12-6-2-7-13-26)27-14-8-3-9-15-27/h1,4-5,10-11,16-19,26-30H,2-3,6-9,12-15,20-22,33-34H2,(H,35,37)(H,36,38)/t28-,30?/m0/s1. The molecule has 2 aliphatic rings. The molecule has 1 unspecified atom stereocenters. The van der Waals surface area contributed by atoms with Crippen LogP contribution in [0.2, 0.25) is 0 Å². The summed E-state index contributed by atoms with van der Waals surface area (Å²) in [5.41, 5.74) is 15.6. The smallest absolute Gasteiger partial charge is 0.243 e. The largest absolute Gasteiger partial charge is 0.350 e. The van der Waals surface area contributed by atoms with Crippen LogP contribution in [-0.4, -0.2) is 23.9 Å². The molecule has 0 heterocycles. The highest BCUT2D eigenvalue weighted by Crippen LogP contribution is 2.41. The maximum Gasteiger partial charge on any atom is 0.243 e. The molecule has 38 heavy (non-hydrogen) atoms. The molecule has 2 aromatic rings. The van der Waals surface area contributed by atoms with Gasteiger partial charge in [0.1, 0.15) is 6.04 Å². The summed E-state index contributed by atoms with van der Waals surface area (Å²) in [4.78, 5) is 27.1. The summed E-state index contributed by atoms with van der Waals surface area (Å²) >= 11 is 0. The van der Waals surface area contributed by atoms with Gasteiger partial charge in [0, 0.05) is 19.5 Å². The number of carbonyl (C=O) groups is 2. The first-order valence-corrected chi connectivity index (χ1v) is 14.7. The molecule has 6 N–H and O–H groups in total. The van der Waals surface area contributed by atoms with Crippen molar-refractivity contribution in [2.24, 2.45) is 29.2 Å². The van der Waals surface area contributed by atoms with Crippen molar-refractivity contribution in [2.45, 2.75) is 95.8 Å². The van der Waals surface area contributed by atoms with Crippen molar-refractivity contribution in [2.75, 3.05) is 0 Å². The maximum atomic E-state index is 13.7. The average Bonchev–Trinajstić information content (AvgIpc) is 2.97. The minimum atomic E-state index is -0.683. The van der Waals surface area contributed by atoms with Crippen molar-refractivity contribution in [3.05, 3.63) is 71.3 Å². The Balaban J connectivity index is 1.46. The van der Waals surface area contributed by atoms with Gasteiger partial charge in [-0.1, -0.05) is 119 Å². The van der Waals surface area contributed by atoms with E-state index < -0.39 is 12.1 Å². The van der Waals surface area contributed by atoms with Crippen molar-refractivity contribution in [1.82, 2.24) is 10.6 Å². The third-order valence-electron chi connectivity index (χ3n) is 8.75. The van der Waals surface area contributed by atoms with Gasteiger partial charge in [-0.25, -0.2) is 0 Å². The van der Waals surface area contributed by atoms with Gasteiger partial charge in [-0.05, 0) is 34.4 Å². The molecule has 0 aliphatic heterocycles. The van der Waals surface area contributed by atoms with Gasteiger partial charge in [0.2, 0.25) is 11.8 Å². The van der Waals surface area contributed by atoms with E-state index >= 15 is 0 Å². The summed E-state index contributed by atoms with van der Waals surface area (Å²) in [6, 6.07) is 16.5. The molecule has 6 nitrogen and oxygen atoms in total. The Labute approximate surface area is 228 Å². The average molecular weight is 519 g/mol. The number of hydrogen-bond donors (Lipinski definition) is 4. The Morgan fingerprint density at radius 1 is 0.737 bits per heavy atom. The van der Waals surface area contributed by atoms with E-state index in [1.165, 1.54) is 64.2 Å². The fourth-order valence-corrected chi connectivity index (χ4v) is 6.62. The minimum Gasteiger partial charge on any atom is -0.350 e. The monoisotopic (exact) mass is 518 g/mol. The molecule has 2 atom stereocenters. The van der Waals surface area contributed by atoms with Crippen LogP contribution >= 0.6 is 0 Å². The summed E-state index contributed by atoms with van der Waals surface area (Å²) < 4.78 is 0. The third kappa shape index (κ3) is 7.90. The van der Waals surface area contributed by atoms with Crippen LogP contribution in [0.3, 0.4) is 0 Å². The predicted molar refractivity (Wildman–Crippen MR) is 153 cm³/mol. The summed E-state index contributed by atoms with van der Waals surface area (Å²) in [6.45, 7) is 0.879. The molecule has 2 saturated carbocycles. The minimum absolute atomic E-state index is 0.186. The summed E-state index contributed by atoms with van der Waals surface area (Å²) in [6.07, 6.45) is 12.6. The fraction of sp³-hybridized carbons (Fsp3) is 0.562. The molecule has 0 spiro atoms. The number of nitrogens with two attached hydrogens (primary N) is 2. The zero-order chi connectivity index (χ0) is 26.7. The molecule has 0 aromatic heterocycles. The second kappa shape index (κ2) is 14.5. The highest BCUT2D eigenvalue weighted by molar-refractivity contribution is 5.90. The topological polar surface area (TPSA) is 110 Å². The number of benzene rings is 2. The number of nitrogens with one attached hydrogen (secondary N) is 2. The van der Waals surface area contributed by atoms with Gasteiger partial charge in [0.05, 0.1) is 6.04 Å². The zero-order valence-electron chi connectivity index (χ0n) is 22.7. The van der Waals surface area contributed by atoms with Gasteiger partial charge >= 0.3 is 0 Å². The van der Waals surface area contributed by atoms with Gasteiger partial charge in [-0.2, -0.15) is 0 Å². The van der Waals surface area contributed by atoms with Gasteiger partial charge in [-0.3, -0.25) is 9.59 Å². The summed E-state index contributed by atoms with van der Waals surface area (Å²) in [5.74, 6) is 0.826. The molecule has 0 bridgehead atoms. The Hall–Kier alpha value is -2.70. The fourth-order valence-electron chi connectivity index (χ4n) is 6.62. The highest BCUT2D eigenvalue weighted by atomic mass is 16.2. The normalized spacial score (nSPS) is 18.6. The van der Waals surface area contributed by atoms with E-state index in [0.717, 1.165) is 16.7 Å². The van der Waals surface area contributed by atoms with Crippen molar-refractivity contribution < 1.29 is 9.59 Å². The van der Waals surface area contributed by atoms with Gasteiger partial charge < -0.3 is 22.1 Å². The second-order valence-electron chi connectivity index (χ2n) is 11.4. The lowest BCUT2D eigenvalue weighted by molar-refractivity contribution is -0.131. The van der Waals surface area contributed by atoms with Crippen LogP contribution in [0.4, 0.5) is 0 Å². The first-order valence-electron chi connectivity index (χ1n) is 14.7. The first-order chi connectivity index (χ1) is 18.5. The quantitative estimate of drug-likeness (QED) is 0.349. The molecular weight excluding hydrogens is 472 g/mol. The molecule has 2 aliphatic carbocycles. The molecule has 4 rings (SSSR count). The van der Waals surface area contributed by atoms with Gasteiger partial charge in [0.15, 0.2) is 0 Å². The first kappa shape index (κ1) is 28.3. The lowest BCUT2D eigenvalue weighted by Gasteiger charge is -2.40. The van der Waals surface area contributed by atoms with E-state index in [9.17, 15) is 9.59 Å². The van der Waals surface area contributed by atoms with E-state index in [-0.39, 0.29) is 17.7 Å². The zero-order valence-corrected chi connectivity index (χ0v) is 22.7. The number of amides is 2. The predicted octanol–water partition coefficient (Wildman–Crippen LogP) is 4.59. The van der Waals surface area contributed by atoms with Crippen LogP contribution in [0, 0.1) is 17.8 Å². The Kier molecular flexibility index (Phi) is 10.8.